The largest absolute Gasteiger partial charge is 0.391 e. The lowest BCUT2D eigenvalue weighted by Gasteiger charge is -2.41. The van der Waals surface area contributed by atoms with Gasteiger partial charge in [-0.2, -0.15) is 0 Å². The summed E-state index contributed by atoms with van der Waals surface area (Å²) in [6.07, 6.45) is 1.82. The second kappa shape index (κ2) is 6.49. The van der Waals surface area contributed by atoms with Crippen LogP contribution in [-0.2, 0) is 0 Å². The second-order valence-corrected chi connectivity index (χ2v) is 5.09. The molecule has 2 atom stereocenters. The molecule has 0 spiro atoms. The zero-order valence-corrected chi connectivity index (χ0v) is 11.4. The van der Waals surface area contributed by atoms with Crippen LogP contribution in [0.15, 0.2) is 0 Å². The van der Waals surface area contributed by atoms with Crippen molar-refractivity contribution >= 4 is 0 Å². The van der Waals surface area contributed by atoms with Crippen LogP contribution in [0.3, 0.4) is 0 Å². The molecule has 2 unspecified atom stereocenters. The quantitative estimate of drug-likeness (QED) is 0.706. The van der Waals surface area contributed by atoms with Gasteiger partial charge in [-0.15, -0.1) is 0 Å². The van der Waals surface area contributed by atoms with Crippen molar-refractivity contribution in [1.29, 1.82) is 0 Å². The van der Waals surface area contributed by atoms with Gasteiger partial charge in [0.15, 0.2) is 0 Å². The predicted octanol–water partition coefficient (Wildman–Crippen LogP) is 2.90. The smallest absolute Gasteiger partial charge is 0.0721 e. The van der Waals surface area contributed by atoms with E-state index in [2.05, 4.69) is 46.4 Å². The first-order valence-electron chi connectivity index (χ1n) is 6.33. The second-order valence-electron chi connectivity index (χ2n) is 5.09. The maximum absolute atomic E-state index is 10.3. The molecule has 0 saturated carbocycles. The van der Waals surface area contributed by atoms with Gasteiger partial charge in [0, 0.05) is 5.54 Å². The standard InChI is InChI=1S/C13H29NO/c1-7-11(4)10-12(15)13(5,6)14(8-2)9-3/h11-12,15H,7-10H2,1-6H3. The topological polar surface area (TPSA) is 23.5 Å². The molecule has 2 nitrogen and oxygen atoms in total. The molecule has 0 aromatic carbocycles. The van der Waals surface area contributed by atoms with Crippen LogP contribution in [-0.4, -0.2) is 34.7 Å². The molecule has 0 aromatic heterocycles. The normalized spacial score (nSPS) is 16.8. The van der Waals surface area contributed by atoms with Crippen LogP contribution in [0.2, 0.25) is 0 Å². The van der Waals surface area contributed by atoms with Crippen molar-refractivity contribution in [3.63, 3.8) is 0 Å². The summed E-state index contributed by atoms with van der Waals surface area (Å²) in [5, 5.41) is 10.3. The van der Waals surface area contributed by atoms with Gasteiger partial charge >= 0.3 is 0 Å². The van der Waals surface area contributed by atoms with Crippen molar-refractivity contribution in [3.8, 4) is 0 Å². The SMILES string of the molecule is CCC(C)CC(O)C(C)(C)N(CC)CC. The molecular formula is C13H29NO. The number of hydrogen-bond acceptors (Lipinski definition) is 2. The molecule has 0 fully saturated rings. The van der Waals surface area contributed by atoms with Gasteiger partial charge < -0.3 is 5.11 Å². The monoisotopic (exact) mass is 215 g/mol. The molecule has 0 rings (SSSR count). The minimum absolute atomic E-state index is 0.104. The van der Waals surface area contributed by atoms with E-state index < -0.39 is 0 Å². The first kappa shape index (κ1) is 14.9. The summed E-state index contributed by atoms with van der Waals surface area (Å²) in [5.74, 6) is 0.606. The van der Waals surface area contributed by atoms with Gasteiger partial charge in [0.2, 0.25) is 0 Å². The summed E-state index contributed by atoms with van der Waals surface area (Å²) in [5.41, 5.74) is -0.104. The third kappa shape index (κ3) is 4.12. The molecule has 1 N–H and O–H groups in total. The maximum Gasteiger partial charge on any atom is 0.0721 e. The molecule has 0 aliphatic rings. The van der Waals surface area contributed by atoms with Gasteiger partial charge in [-0.25, -0.2) is 0 Å². The fourth-order valence-corrected chi connectivity index (χ4v) is 2.09. The van der Waals surface area contributed by atoms with Crippen molar-refractivity contribution in [2.75, 3.05) is 13.1 Å². The third-order valence-electron chi connectivity index (χ3n) is 3.72. The highest BCUT2D eigenvalue weighted by Crippen LogP contribution is 2.24. The van der Waals surface area contributed by atoms with Crippen LogP contribution in [0.5, 0.6) is 0 Å². The van der Waals surface area contributed by atoms with Gasteiger partial charge in [0.25, 0.3) is 0 Å². The van der Waals surface area contributed by atoms with Gasteiger partial charge in [-0.3, -0.25) is 4.90 Å². The zero-order valence-electron chi connectivity index (χ0n) is 11.4. The molecule has 0 aliphatic carbocycles. The Hall–Kier alpha value is -0.0800. The zero-order chi connectivity index (χ0) is 12.1. The Balaban J connectivity index is 4.41. The molecule has 2 heteroatoms. The van der Waals surface area contributed by atoms with Gasteiger partial charge in [0.05, 0.1) is 6.10 Å². The number of nitrogens with zero attached hydrogens (tertiary/aromatic N) is 1. The minimum atomic E-state index is -0.229. The Kier molecular flexibility index (Phi) is 6.46. The lowest BCUT2D eigenvalue weighted by atomic mass is 9.87. The lowest BCUT2D eigenvalue weighted by Crippen LogP contribution is -2.52. The van der Waals surface area contributed by atoms with Gasteiger partial charge in [-0.1, -0.05) is 34.1 Å². The average Bonchev–Trinajstić information content (AvgIpc) is 2.18. The molecule has 92 valence electrons. The molecule has 0 heterocycles. The fourth-order valence-electron chi connectivity index (χ4n) is 2.09. The van der Waals surface area contributed by atoms with Crippen molar-refractivity contribution in [2.45, 2.75) is 66.0 Å². The van der Waals surface area contributed by atoms with E-state index in [-0.39, 0.29) is 11.6 Å². The molecule has 0 amide bonds. The van der Waals surface area contributed by atoms with Crippen LogP contribution in [0.4, 0.5) is 0 Å². The van der Waals surface area contributed by atoms with E-state index in [1.165, 1.54) is 0 Å². The van der Waals surface area contributed by atoms with Crippen LogP contribution in [0.25, 0.3) is 0 Å². The molecule has 0 aromatic rings. The summed E-state index contributed by atoms with van der Waals surface area (Å²) in [6.45, 7) is 15.0. The summed E-state index contributed by atoms with van der Waals surface area (Å²) in [7, 11) is 0. The highest BCUT2D eigenvalue weighted by molar-refractivity contribution is 4.88. The number of likely N-dealkylation sites (N-methyl/N-ethyl adjacent to an activating group) is 1. The van der Waals surface area contributed by atoms with Crippen molar-refractivity contribution in [3.05, 3.63) is 0 Å². The highest BCUT2D eigenvalue weighted by atomic mass is 16.3. The van der Waals surface area contributed by atoms with Gasteiger partial charge in [0.1, 0.15) is 0 Å². The first-order chi connectivity index (χ1) is 6.89. The van der Waals surface area contributed by atoms with Crippen molar-refractivity contribution in [2.24, 2.45) is 5.92 Å². The number of aliphatic hydroxyl groups excluding tert-OH is 1. The Morgan fingerprint density at radius 1 is 1.13 bits per heavy atom. The average molecular weight is 215 g/mol. The van der Waals surface area contributed by atoms with E-state index in [1.807, 2.05) is 0 Å². The minimum Gasteiger partial charge on any atom is -0.391 e. The number of hydrogen-bond donors (Lipinski definition) is 1. The van der Waals surface area contributed by atoms with Crippen molar-refractivity contribution in [1.82, 2.24) is 4.90 Å². The van der Waals surface area contributed by atoms with E-state index in [1.54, 1.807) is 0 Å². The summed E-state index contributed by atoms with van der Waals surface area (Å²) >= 11 is 0. The first-order valence-corrected chi connectivity index (χ1v) is 6.33. The summed E-state index contributed by atoms with van der Waals surface area (Å²) in [4.78, 5) is 2.33. The fraction of sp³-hybridized carbons (Fsp3) is 1.00. The van der Waals surface area contributed by atoms with Crippen LogP contribution < -0.4 is 0 Å². The van der Waals surface area contributed by atoms with E-state index in [0.717, 1.165) is 25.9 Å². The number of aliphatic hydroxyl groups is 1. The maximum atomic E-state index is 10.3. The van der Waals surface area contributed by atoms with E-state index >= 15 is 0 Å². The van der Waals surface area contributed by atoms with Crippen molar-refractivity contribution < 1.29 is 5.11 Å². The van der Waals surface area contributed by atoms with Gasteiger partial charge in [-0.05, 0) is 39.3 Å². The van der Waals surface area contributed by atoms with E-state index in [4.69, 9.17) is 0 Å². The Labute approximate surface area is 95.7 Å². The molecule has 0 bridgehead atoms. The van der Waals surface area contributed by atoms with E-state index in [9.17, 15) is 5.11 Å². The molecule has 0 saturated heterocycles. The summed E-state index contributed by atoms with van der Waals surface area (Å²) in [6, 6.07) is 0. The molecule has 15 heavy (non-hydrogen) atoms. The van der Waals surface area contributed by atoms with Crippen LogP contribution >= 0.6 is 0 Å². The van der Waals surface area contributed by atoms with Crippen LogP contribution in [0.1, 0.15) is 54.4 Å². The predicted molar refractivity (Wildman–Crippen MR) is 67.1 cm³/mol. The molecular weight excluding hydrogens is 186 g/mol. The summed E-state index contributed by atoms with van der Waals surface area (Å²) < 4.78 is 0. The number of rotatable bonds is 7. The highest BCUT2D eigenvalue weighted by Gasteiger charge is 2.32. The Morgan fingerprint density at radius 3 is 1.93 bits per heavy atom. The lowest BCUT2D eigenvalue weighted by molar-refractivity contribution is -0.0167. The Bertz CT molecular complexity index is 164. The van der Waals surface area contributed by atoms with E-state index in [0.29, 0.717) is 5.92 Å². The van der Waals surface area contributed by atoms with Crippen LogP contribution in [0, 0.1) is 5.92 Å². The Morgan fingerprint density at radius 2 is 1.60 bits per heavy atom. The molecule has 0 aliphatic heterocycles. The third-order valence-corrected chi connectivity index (χ3v) is 3.72. The molecule has 0 radical (unpaired) electrons.